The highest BCUT2D eigenvalue weighted by Crippen LogP contribution is 2.47. The van der Waals surface area contributed by atoms with E-state index in [0.29, 0.717) is 12.5 Å². The lowest BCUT2D eigenvalue weighted by molar-refractivity contribution is -0.143. The Hall–Kier alpha value is -3.66. The number of hydrogen-bond acceptors (Lipinski definition) is 9. The summed E-state index contributed by atoms with van der Waals surface area (Å²) in [6, 6.07) is -0.180. The van der Waals surface area contributed by atoms with Crippen molar-refractivity contribution in [1.82, 2.24) is 20.1 Å². The number of benzene rings is 1. The van der Waals surface area contributed by atoms with Crippen LogP contribution < -0.4 is 10.1 Å². The van der Waals surface area contributed by atoms with E-state index in [1.165, 1.54) is 0 Å². The molecule has 2 aliphatic heterocycles. The molecule has 2 saturated heterocycles. The zero-order chi connectivity index (χ0) is 37.9. The number of amides is 2. The molecule has 0 saturated carbocycles. The predicted octanol–water partition coefficient (Wildman–Crippen LogP) is 6.97. The zero-order valence-electron chi connectivity index (χ0n) is 29.8. The van der Waals surface area contributed by atoms with Crippen LogP contribution in [0.3, 0.4) is 0 Å². The van der Waals surface area contributed by atoms with Gasteiger partial charge in [-0.1, -0.05) is 34.1 Å². The molecule has 3 heterocycles. The fourth-order valence-electron chi connectivity index (χ4n) is 7.24. The number of halogens is 5. The third-order valence-corrected chi connectivity index (χ3v) is 11.5. The lowest BCUT2D eigenvalue weighted by Gasteiger charge is -2.38. The van der Waals surface area contributed by atoms with Gasteiger partial charge in [0.2, 0.25) is 40.7 Å². The summed E-state index contributed by atoms with van der Waals surface area (Å²) in [5, 5.41) is 3.68. The molecule has 2 aromatic rings. The van der Waals surface area contributed by atoms with Crippen molar-refractivity contribution in [1.29, 1.82) is 0 Å². The third kappa shape index (κ3) is 8.06. The Morgan fingerprint density at radius 1 is 1.02 bits per heavy atom. The van der Waals surface area contributed by atoms with Gasteiger partial charge in [0.1, 0.15) is 5.01 Å². The van der Waals surface area contributed by atoms with Crippen molar-refractivity contribution in [2.75, 3.05) is 20.6 Å². The predicted molar refractivity (Wildman–Crippen MR) is 178 cm³/mol. The van der Waals surface area contributed by atoms with Crippen molar-refractivity contribution >= 4 is 35.1 Å². The molecule has 4 rings (SSSR count). The summed E-state index contributed by atoms with van der Waals surface area (Å²) in [5.41, 5.74) is -1.09. The minimum Gasteiger partial charge on any atom is -0.439 e. The fourth-order valence-corrected chi connectivity index (χ4v) is 8.06. The second-order valence-corrected chi connectivity index (χ2v) is 14.7. The highest BCUT2D eigenvalue weighted by molar-refractivity contribution is 7.09. The molecule has 1 N–H and O–H groups in total. The number of esters is 1. The summed E-state index contributed by atoms with van der Waals surface area (Å²) >= 11 is 0.826. The van der Waals surface area contributed by atoms with Gasteiger partial charge in [-0.2, -0.15) is 8.78 Å². The SMILES string of the molecule is CCNC(=O)O[C@H](C[C@H](C(C)C)N(C)C(=O)[C@@H](CC(=O)C12CCC(CC1)N2C)[C@@H](C)CC)c1nc(C(=O)Oc2c(F)c(F)c(F)c(F)c2F)cs1. The van der Waals surface area contributed by atoms with E-state index in [9.17, 15) is 41.1 Å². The quantitative estimate of drug-likeness (QED) is 0.0684. The van der Waals surface area contributed by atoms with E-state index >= 15 is 0 Å². The lowest BCUT2D eigenvalue weighted by Crippen LogP contribution is -2.50. The first-order valence-corrected chi connectivity index (χ1v) is 18.0. The topological polar surface area (TPSA) is 118 Å². The molecule has 0 radical (unpaired) electrons. The Morgan fingerprint density at radius 2 is 1.61 bits per heavy atom. The Morgan fingerprint density at radius 3 is 2.12 bits per heavy atom. The van der Waals surface area contributed by atoms with Crippen LogP contribution in [0.5, 0.6) is 5.75 Å². The van der Waals surface area contributed by atoms with Crippen molar-refractivity contribution < 1.29 is 50.6 Å². The summed E-state index contributed by atoms with van der Waals surface area (Å²) in [5.74, 6) is -16.0. The van der Waals surface area contributed by atoms with Crippen molar-refractivity contribution in [2.45, 2.75) is 103 Å². The highest BCUT2D eigenvalue weighted by Gasteiger charge is 2.54. The van der Waals surface area contributed by atoms with E-state index < -0.39 is 76.2 Å². The highest BCUT2D eigenvalue weighted by atomic mass is 32.1. The number of carbonyl (C=O) groups excluding carboxylic acids is 4. The van der Waals surface area contributed by atoms with Crippen LogP contribution in [0.4, 0.5) is 26.7 Å². The number of nitrogens with one attached hydrogen (secondary N) is 1. The number of ketones is 1. The standard InChI is InChI=1S/C35H45F5N4O6S/c1-8-18(5)20(14-24(45)35-12-10-19(11-13-35)44(35)7)32(46)43(6)22(17(3)4)15-23(49-34(48)41-9-2)31-42-21(16-51-31)33(47)50-30-28(39)26(37)25(36)27(38)29(30)40/h16-20,22-23H,8-15H2,1-7H3,(H,41,48)/t18-,19?,20-,22+,23+,35?/m0/s1. The summed E-state index contributed by atoms with van der Waals surface area (Å²) in [6.07, 6.45) is 2.28. The second kappa shape index (κ2) is 16.3. The molecule has 2 aliphatic rings. The number of nitrogens with zero attached hydrogens (tertiary/aromatic N) is 3. The van der Waals surface area contributed by atoms with Crippen molar-refractivity contribution in [3.05, 3.63) is 45.2 Å². The van der Waals surface area contributed by atoms with Gasteiger partial charge in [0.15, 0.2) is 17.6 Å². The van der Waals surface area contributed by atoms with Gasteiger partial charge in [0.05, 0.1) is 5.54 Å². The number of ether oxygens (including phenoxy) is 2. The maximum Gasteiger partial charge on any atom is 0.407 e. The number of hydrogen-bond donors (Lipinski definition) is 1. The molecule has 16 heteroatoms. The van der Waals surface area contributed by atoms with Crippen LogP contribution in [0.1, 0.15) is 101 Å². The summed E-state index contributed by atoms with van der Waals surface area (Å²) in [4.78, 5) is 61.5. The molecular weight excluding hydrogens is 699 g/mol. The van der Waals surface area contributed by atoms with E-state index in [1.807, 2.05) is 34.7 Å². The van der Waals surface area contributed by atoms with Crippen LogP contribution in [-0.4, -0.2) is 76.8 Å². The van der Waals surface area contributed by atoms with Gasteiger partial charge in [-0.3, -0.25) is 14.5 Å². The van der Waals surface area contributed by atoms with Gasteiger partial charge in [0, 0.05) is 49.8 Å². The van der Waals surface area contributed by atoms with E-state index in [-0.39, 0.29) is 47.9 Å². The third-order valence-electron chi connectivity index (χ3n) is 10.6. The van der Waals surface area contributed by atoms with Gasteiger partial charge >= 0.3 is 12.1 Å². The van der Waals surface area contributed by atoms with E-state index in [1.54, 1.807) is 18.9 Å². The molecule has 1 aromatic carbocycles. The van der Waals surface area contributed by atoms with Gasteiger partial charge in [-0.15, -0.1) is 11.3 Å². The molecule has 10 nitrogen and oxygen atoms in total. The molecule has 0 spiro atoms. The van der Waals surface area contributed by atoms with E-state index in [2.05, 4.69) is 19.9 Å². The molecule has 2 amide bonds. The molecule has 0 aliphatic carbocycles. The van der Waals surface area contributed by atoms with Crippen molar-refractivity contribution in [3.8, 4) is 5.75 Å². The van der Waals surface area contributed by atoms with E-state index in [0.717, 1.165) is 42.4 Å². The average Bonchev–Trinajstić information content (AvgIpc) is 3.82. The van der Waals surface area contributed by atoms with Crippen LogP contribution in [-0.2, 0) is 14.3 Å². The maximum absolute atomic E-state index is 14.3. The molecule has 4 atom stereocenters. The number of rotatable bonds is 15. The number of Topliss-reactive ketones (excluding diaryl/α,β-unsaturated/α-hetero) is 1. The van der Waals surface area contributed by atoms with Crippen LogP contribution in [0.15, 0.2) is 5.38 Å². The van der Waals surface area contributed by atoms with Gasteiger partial charge in [0.25, 0.3) is 0 Å². The second-order valence-electron chi connectivity index (χ2n) is 13.8. The maximum atomic E-state index is 14.3. The molecule has 2 fully saturated rings. The monoisotopic (exact) mass is 744 g/mol. The fraction of sp³-hybridized carbons (Fsp3) is 0.629. The molecule has 1 aromatic heterocycles. The van der Waals surface area contributed by atoms with Gasteiger partial charge in [-0.25, -0.2) is 27.7 Å². The summed E-state index contributed by atoms with van der Waals surface area (Å²) < 4.78 is 79.4. The minimum absolute atomic E-state index is 0.00616. The van der Waals surface area contributed by atoms with Crippen LogP contribution in [0.25, 0.3) is 0 Å². The first-order valence-electron chi connectivity index (χ1n) is 17.1. The molecule has 51 heavy (non-hydrogen) atoms. The number of aromatic nitrogens is 1. The van der Waals surface area contributed by atoms with Crippen molar-refractivity contribution in [3.63, 3.8) is 0 Å². The first-order chi connectivity index (χ1) is 24.0. The van der Waals surface area contributed by atoms with Crippen molar-refractivity contribution in [2.24, 2.45) is 17.8 Å². The van der Waals surface area contributed by atoms with Gasteiger partial charge < -0.3 is 19.7 Å². The Bertz CT molecular complexity index is 1600. The summed E-state index contributed by atoms with van der Waals surface area (Å²) in [6.45, 7) is 9.55. The molecule has 2 bridgehead atoms. The van der Waals surface area contributed by atoms with Crippen LogP contribution in [0, 0.1) is 46.8 Å². The van der Waals surface area contributed by atoms with Crippen LogP contribution in [0.2, 0.25) is 0 Å². The Labute approximate surface area is 298 Å². The Kier molecular flexibility index (Phi) is 12.9. The lowest BCUT2D eigenvalue weighted by atomic mass is 9.77. The number of fused-ring (bicyclic) bond motifs is 2. The molecule has 0 unspecified atom stereocenters. The first kappa shape index (κ1) is 40.1. The zero-order valence-corrected chi connectivity index (χ0v) is 30.6. The smallest absolute Gasteiger partial charge is 0.407 e. The van der Waals surface area contributed by atoms with Crippen LogP contribution >= 0.6 is 11.3 Å². The molecule has 282 valence electrons. The van der Waals surface area contributed by atoms with E-state index in [4.69, 9.17) is 4.74 Å². The minimum atomic E-state index is -2.41. The molecular formula is C35H45F5N4O6S. The summed E-state index contributed by atoms with van der Waals surface area (Å²) in [7, 11) is 3.62. The largest absolute Gasteiger partial charge is 0.439 e. The number of alkyl carbamates (subject to hydrolysis) is 1. The Balaban J connectivity index is 1.58. The number of thiazole rings is 1. The average molecular weight is 745 g/mol. The number of carbonyl (C=O) groups is 4. The number of likely N-dealkylation sites (N-methyl/N-ethyl adjacent to an activating group) is 1. The normalized spacial score (nSPS) is 20.9. The van der Waals surface area contributed by atoms with Gasteiger partial charge in [-0.05, 0) is 51.5 Å².